The Morgan fingerprint density at radius 1 is 1.41 bits per heavy atom. The van der Waals surface area contributed by atoms with Crippen LogP contribution in [0, 0.1) is 11.8 Å². The Labute approximate surface area is 104 Å². The van der Waals surface area contributed by atoms with Crippen molar-refractivity contribution in [1.29, 1.82) is 0 Å². The van der Waals surface area contributed by atoms with Gasteiger partial charge in [0, 0.05) is 25.4 Å². The van der Waals surface area contributed by atoms with Crippen LogP contribution < -0.4 is 5.73 Å². The smallest absolute Gasteiger partial charge is 0.137 e. The first kappa shape index (κ1) is 12.6. The van der Waals surface area contributed by atoms with Crippen molar-refractivity contribution >= 4 is 0 Å². The summed E-state index contributed by atoms with van der Waals surface area (Å²) < 4.78 is 2.31. The second-order valence-corrected chi connectivity index (χ2v) is 5.79. The molecule has 96 valence electrons. The van der Waals surface area contributed by atoms with E-state index < -0.39 is 0 Å². The summed E-state index contributed by atoms with van der Waals surface area (Å²) in [5.74, 6) is 4.02. The second-order valence-electron chi connectivity index (χ2n) is 5.79. The molecule has 2 atom stereocenters. The number of aromatic nitrogens is 3. The highest BCUT2D eigenvalue weighted by Crippen LogP contribution is 2.26. The van der Waals surface area contributed by atoms with Gasteiger partial charge in [0.15, 0.2) is 0 Å². The van der Waals surface area contributed by atoms with Gasteiger partial charge in [0.1, 0.15) is 11.6 Å². The predicted octanol–water partition coefficient (Wildman–Crippen LogP) is 1.95. The lowest BCUT2D eigenvalue weighted by molar-refractivity contribution is 0.388. The van der Waals surface area contributed by atoms with Crippen molar-refractivity contribution in [3.8, 4) is 0 Å². The monoisotopic (exact) mass is 236 g/mol. The van der Waals surface area contributed by atoms with E-state index in [2.05, 4.69) is 35.5 Å². The molecule has 2 N–H and O–H groups in total. The molecule has 1 aromatic heterocycles. The van der Waals surface area contributed by atoms with Crippen LogP contribution >= 0.6 is 0 Å². The molecule has 0 bridgehead atoms. The highest BCUT2D eigenvalue weighted by molar-refractivity contribution is 5.05. The van der Waals surface area contributed by atoms with E-state index in [0.717, 1.165) is 37.0 Å². The summed E-state index contributed by atoms with van der Waals surface area (Å²) in [6, 6.07) is 0. The Balaban J connectivity index is 2.21. The van der Waals surface area contributed by atoms with Crippen LogP contribution in [0.25, 0.3) is 0 Å². The van der Waals surface area contributed by atoms with Crippen LogP contribution in [0.5, 0.6) is 0 Å². The van der Waals surface area contributed by atoms with Gasteiger partial charge in [-0.2, -0.15) is 0 Å². The average Bonchev–Trinajstić information content (AvgIpc) is 2.68. The molecule has 0 fully saturated rings. The number of hydrogen-bond acceptors (Lipinski definition) is 3. The quantitative estimate of drug-likeness (QED) is 0.869. The third-order valence-electron chi connectivity index (χ3n) is 3.64. The van der Waals surface area contributed by atoms with Gasteiger partial charge >= 0.3 is 0 Å². The van der Waals surface area contributed by atoms with Gasteiger partial charge in [-0.3, -0.25) is 0 Å². The molecule has 0 amide bonds. The SMILES string of the molecule is CC(C)CC(CN)c1nnc2n1CCC(C)C2. The number of rotatable bonds is 4. The van der Waals surface area contributed by atoms with E-state index in [4.69, 9.17) is 5.73 Å². The van der Waals surface area contributed by atoms with Crippen molar-refractivity contribution < 1.29 is 0 Å². The van der Waals surface area contributed by atoms with Crippen molar-refractivity contribution in [2.45, 2.75) is 52.5 Å². The Kier molecular flexibility index (Phi) is 3.82. The number of nitrogens with zero attached hydrogens (tertiary/aromatic N) is 3. The largest absolute Gasteiger partial charge is 0.330 e. The molecule has 4 nitrogen and oxygen atoms in total. The zero-order valence-electron chi connectivity index (χ0n) is 11.2. The van der Waals surface area contributed by atoms with Gasteiger partial charge in [0.25, 0.3) is 0 Å². The number of fused-ring (bicyclic) bond motifs is 1. The van der Waals surface area contributed by atoms with E-state index in [1.54, 1.807) is 0 Å². The van der Waals surface area contributed by atoms with Crippen LogP contribution in [0.1, 0.15) is 51.2 Å². The molecule has 0 aliphatic carbocycles. The van der Waals surface area contributed by atoms with Crippen molar-refractivity contribution in [3.63, 3.8) is 0 Å². The van der Waals surface area contributed by atoms with Gasteiger partial charge < -0.3 is 10.3 Å². The number of hydrogen-bond donors (Lipinski definition) is 1. The molecule has 4 heteroatoms. The molecule has 2 heterocycles. The summed E-state index contributed by atoms with van der Waals surface area (Å²) in [7, 11) is 0. The fourth-order valence-electron chi connectivity index (χ4n) is 2.69. The Morgan fingerprint density at radius 2 is 2.18 bits per heavy atom. The molecule has 17 heavy (non-hydrogen) atoms. The van der Waals surface area contributed by atoms with Crippen LogP contribution in [0.15, 0.2) is 0 Å². The topological polar surface area (TPSA) is 56.7 Å². The second kappa shape index (κ2) is 5.17. The van der Waals surface area contributed by atoms with Crippen molar-refractivity contribution in [1.82, 2.24) is 14.8 Å². The molecule has 0 saturated heterocycles. The van der Waals surface area contributed by atoms with Crippen LogP contribution in [0.2, 0.25) is 0 Å². The molecule has 1 aliphatic heterocycles. The van der Waals surface area contributed by atoms with E-state index in [-0.39, 0.29) is 0 Å². The first-order chi connectivity index (χ1) is 8.11. The van der Waals surface area contributed by atoms with Crippen LogP contribution in [-0.2, 0) is 13.0 Å². The van der Waals surface area contributed by atoms with Gasteiger partial charge in [-0.05, 0) is 24.7 Å². The molecular formula is C13H24N4. The normalized spacial score (nSPS) is 21.6. The van der Waals surface area contributed by atoms with E-state index in [1.165, 1.54) is 6.42 Å². The van der Waals surface area contributed by atoms with Gasteiger partial charge in [-0.1, -0.05) is 20.8 Å². The lowest BCUT2D eigenvalue weighted by Crippen LogP contribution is -2.23. The molecule has 1 aliphatic rings. The van der Waals surface area contributed by atoms with Crippen molar-refractivity contribution in [2.75, 3.05) is 6.54 Å². The lowest BCUT2D eigenvalue weighted by Gasteiger charge is -2.23. The maximum absolute atomic E-state index is 5.89. The van der Waals surface area contributed by atoms with E-state index in [0.29, 0.717) is 18.4 Å². The average molecular weight is 236 g/mol. The minimum atomic E-state index is 0.365. The highest BCUT2D eigenvalue weighted by atomic mass is 15.3. The fourth-order valence-corrected chi connectivity index (χ4v) is 2.69. The van der Waals surface area contributed by atoms with Gasteiger partial charge in [-0.25, -0.2) is 0 Å². The first-order valence-electron chi connectivity index (χ1n) is 6.73. The molecule has 0 radical (unpaired) electrons. The summed E-state index contributed by atoms with van der Waals surface area (Å²) in [5.41, 5.74) is 5.89. The molecule has 2 unspecified atom stereocenters. The van der Waals surface area contributed by atoms with Crippen LogP contribution in [-0.4, -0.2) is 21.3 Å². The molecular weight excluding hydrogens is 212 g/mol. The summed E-state index contributed by atoms with van der Waals surface area (Å²) in [6.07, 6.45) is 3.40. The summed E-state index contributed by atoms with van der Waals surface area (Å²) >= 11 is 0. The fraction of sp³-hybridized carbons (Fsp3) is 0.846. The standard InChI is InChI=1S/C13H24N4/c1-9(2)6-11(8-14)13-16-15-12-7-10(3)4-5-17(12)13/h9-11H,4-8,14H2,1-3H3. The molecule has 0 aromatic carbocycles. The predicted molar refractivity (Wildman–Crippen MR) is 68.8 cm³/mol. The minimum absolute atomic E-state index is 0.365. The Hall–Kier alpha value is -0.900. The van der Waals surface area contributed by atoms with E-state index in [9.17, 15) is 0 Å². The molecule has 1 aromatic rings. The first-order valence-corrected chi connectivity index (χ1v) is 6.73. The minimum Gasteiger partial charge on any atom is -0.330 e. The van der Waals surface area contributed by atoms with Gasteiger partial charge in [0.2, 0.25) is 0 Å². The van der Waals surface area contributed by atoms with Crippen LogP contribution in [0.3, 0.4) is 0 Å². The summed E-state index contributed by atoms with van der Waals surface area (Å²) in [5, 5.41) is 8.73. The highest BCUT2D eigenvalue weighted by Gasteiger charge is 2.24. The van der Waals surface area contributed by atoms with Crippen molar-refractivity contribution in [3.05, 3.63) is 11.6 Å². The lowest BCUT2D eigenvalue weighted by atomic mass is 9.95. The molecule has 0 saturated carbocycles. The van der Waals surface area contributed by atoms with Crippen LogP contribution in [0.4, 0.5) is 0 Å². The third kappa shape index (κ3) is 2.68. The zero-order valence-corrected chi connectivity index (χ0v) is 11.2. The maximum atomic E-state index is 5.89. The third-order valence-corrected chi connectivity index (χ3v) is 3.64. The summed E-state index contributed by atoms with van der Waals surface area (Å²) in [6.45, 7) is 8.49. The number of nitrogens with two attached hydrogens (primary N) is 1. The van der Waals surface area contributed by atoms with Crippen molar-refractivity contribution in [2.24, 2.45) is 17.6 Å². The van der Waals surface area contributed by atoms with E-state index >= 15 is 0 Å². The van der Waals surface area contributed by atoms with Gasteiger partial charge in [-0.15, -0.1) is 10.2 Å². The zero-order chi connectivity index (χ0) is 12.4. The van der Waals surface area contributed by atoms with Gasteiger partial charge in [0.05, 0.1) is 0 Å². The Bertz CT molecular complexity index is 369. The Morgan fingerprint density at radius 3 is 2.82 bits per heavy atom. The molecule has 0 spiro atoms. The molecule has 2 rings (SSSR count). The maximum Gasteiger partial charge on any atom is 0.137 e. The van der Waals surface area contributed by atoms with E-state index in [1.807, 2.05) is 0 Å². The summed E-state index contributed by atoms with van der Waals surface area (Å²) in [4.78, 5) is 0.